The summed E-state index contributed by atoms with van der Waals surface area (Å²) >= 11 is 0. The summed E-state index contributed by atoms with van der Waals surface area (Å²) in [7, 11) is -8.39. The van der Waals surface area contributed by atoms with Crippen LogP contribution in [0.2, 0.25) is 65.0 Å². The van der Waals surface area contributed by atoms with E-state index < -0.39 is 39.2 Å². The molecule has 0 radical (unpaired) electrons. The highest BCUT2D eigenvalue weighted by Crippen LogP contribution is 2.30. The first kappa shape index (κ1) is 28.6. The van der Waals surface area contributed by atoms with Gasteiger partial charge >= 0.3 is 8.80 Å². The molecular weight excluding hydrogens is 425 g/mol. The van der Waals surface area contributed by atoms with Crippen LogP contribution in [0.15, 0.2) is 0 Å². The molecule has 0 bridgehead atoms. The highest BCUT2D eigenvalue weighted by molar-refractivity contribution is 6.90. The third-order valence-electron chi connectivity index (χ3n) is 3.99. The smallest absolute Gasteiger partial charge is 0.417 e. The molecule has 0 unspecified atom stereocenters. The first-order valence-corrected chi connectivity index (χ1v) is 22.6. The number of aliphatic hydroxyl groups excluding tert-OH is 2. The molecule has 0 aliphatic heterocycles. The standard InChI is InChI=1S/C18H46O6Si4/c1-11-18(15-19,16-20)17-21-13-12-14-28(22-25(2,3)4,23-26(5,6)7)24-27(8,9)10/h19-20H,11-17H2,1-10H3. The summed E-state index contributed by atoms with van der Waals surface area (Å²) in [6.45, 7) is 22.4. The molecule has 170 valence electrons. The molecule has 0 saturated carbocycles. The van der Waals surface area contributed by atoms with E-state index in [0.29, 0.717) is 19.6 Å². The number of rotatable bonds is 15. The van der Waals surface area contributed by atoms with E-state index in [1.165, 1.54) is 0 Å². The fourth-order valence-corrected chi connectivity index (χ4v) is 17.4. The monoisotopic (exact) mass is 470 g/mol. The molecule has 0 aromatic carbocycles. The number of hydrogen-bond donors (Lipinski definition) is 2. The Morgan fingerprint density at radius 1 is 0.714 bits per heavy atom. The van der Waals surface area contributed by atoms with E-state index in [0.717, 1.165) is 12.5 Å². The largest absolute Gasteiger partial charge is 0.469 e. The van der Waals surface area contributed by atoms with Gasteiger partial charge in [-0.15, -0.1) is 0 Å². The van der Waals surface area contributed by atoms with Gasteiger partial charge in [-0.2, -0.15) is 0 Å². The van der Waals surface area contributed by atoms with Gasteiger partial charge in [0.2, 0.25) is 0 Å². The SMILES string of the molecule is CCC(CO)(CO)COCCC[Si](O[Si](C)(C)C)(O[Si](C)(C)C)O[Si](C)(C)C. The molecule has 0 rings (SSSR count). The van der Waals surface area contributed by atoms with Crippen molar-refractivity contribution in [3.05, 3.63) is 0 Å². The van der Waals surface area contributed by atoms with Crippen LogP contribution < -0.4 is 0 Å². The summed E-state index contributed by atoms with van der Waals surface area (Å²) in [6, 6.07) is 0.739. The highest BCUT2D eigenvalue weighted by atomic mass is 28.5. The Labute approximate surface area is 177 Å². The summed E-state index contributed by atoms with van der Waals surface area (Å²) in [5.41, 5.74) is -0.563. The molecule has 0 amide bonds. The second-order valence-electron chi connectivity index (χ2n) is 10.7. The summed E-state index contributed by atoms with van der Waals surface area (Å²) in [6.07, 6.45) is 1.46. The van der Waals surface area contributed by atoms with Crippen LogP contribution in [-0.4, -0.2) is 70.4 Å². The van der Waals surface area contributed by atoms with Gasteiger partial charge in [0, 0.05) is 18.1 Å². The van der Waals surface area contributed by atoms with E-state index in [9.17, 15) is 10.2 Å². The molecule has 10 heteroatoms. The van der Waals surface area contributed by atoms with Gasteiger partial charge in [0.25, 0.3) is 0 Å². The Bertz CT molecular complexity index is 390. The fourth-order valence-electron chi connectivity index (χ4n) is 2.76. The van der Waals surface area contributed by atoms with E-state index in [1.807, 2.05) is 6.92 Å². The lowest BCUT2D eigenvalue weighted by Gasteiger charge is -2.43. The normalized spacial score (nSPS) is 14.6. The molecule has 6 nitrogen and oxygen atoms in total. The lowest BCUT2D eigenvalue weighted by Crippen LogP contribution is -2.60. The molecule has 0 fully saturated rings. The van der Waals surface area contributed by atoms with Crippen molar-refractivity contribution in [2.45, 2.75) is 84.7 Å². The second kappa shape index (κ2) is 11.3. The number of hydrogen-bond acceptors (Lipinski definition) is 6. The van der Waals surface area contributed by atoms with Crippen LogP contribution >= 0.6 is 0 Å². The van der Waals surface area contributed by atoms with E-state index in [-0.39, 0.29) is 13.2 Å². The van der Waals surface area contributed by atoms with Crippen LogP contribution in [0.1, 0.15) is 19.8 Å². The molecule has 0 aromatic heterocycles. The van der Waals surface area contributed by atoms with Crippen LogP contribution in [0, 0.1) is 5.41 Å². The van der Waals surface area contributed by atoms with E-state index in [4.69, 9.17) is 17.1 Å². The first-order chi connectivity index (χ1) is 12.5. The highest BCUT2D eigenvalue weighted by Gasteiger charge is 2.49. The number of ether oxygens (including phenoxy) is 1. The maximum absolute atomic E-state index is 9.57. The molecule has 0 aliphatic rings. The first-order valence-electron chi connectivity index (χ1n) is 10.4. The molecular formula is C18H46O6Si4. The Balaban J connectivity index is 5.19. The lowest BCUT2D eigenvalue weighted by molar-refractivity contribution is -0.0300. The van der Waals surface area contributed by atoms with Gasteiger partial charge in [-0.05, 0) is 71.8 Å². The summed E-state index contributed by atoms with van der Waals surface area (Å²) in [4.78, 5) is 0. The van der Waals surface area contributed by atoms with Crippen LogP contribution in [0.4, 0.5) is 0 Å². The van der Waals surface area contributed by atoms with Crippen LogP contribution in [-0.2, 0) is 17.1 Å². The van der Waals surface area contributed by atoms with Crippen molar-refractivity contribution in [2.24, 2.45) is 5.41 Å². The van der Waals surface area contributed by atoms with Crippen LogP contribution in [0.5, 0.6) is 0 Å². The van der Waals surface area contributed by atoms with Gasteiger partial charge in [0.15, 0.2) is 25.0 Å². The van der Waals surface area contributed by atoms with Crippen molar-refractivity contribution in [1.82, 2.24) is 0 Å². The minimum absolute atomic E-state index is 0.0745. The quantitative estimate of drug-likeness (QED) is 0.275. The molecule has 0 aromatic rings. The van der Waals surface area contributed by atoms with E-state index in [2.05, 4.69) is 58.9 Å². The summed E-state index contributed by atoms with van der Waals surface area (Å²) < 4.78 is 25.8. The van der Waals surface area contributed by atoms with Gasteiger partial charge in [0.1, 0.15) is 0 Å². The zero-order valence-electron chi connectivity index (χ0n) is 20.0. The van der Waals surface area contributed by atoms with Crippen molar-refractivity contribution in [3.8, 4) is 0 Å². The van der Waals surface area contributed by atoms with Crippen molar-refractivity contribution < 1.29 is 27.3 Å². The van der Waals surface area contributed by atoms with Gasteiger partial charge in [-0.25, -0.2) is 0 Å². The topological polar surface area (TPSA) is 77.4 Å². The van der Waals surface area contributed by atoms with Crippen LogP contribution in [0.3, 0.4) is 0 Å². The predicted octanol–water partition coefficient (Wildman–Crippen LogP) is 4.27. The Morgan fingerprint density at radius 3 is 1.39 bits per heavy atom. The minimum atomic E-state index is -2.82. The maximum Gasteiger partial charge on any atom is 0.469 e. The molecule has 0 aliphatic carbocycles. The van der Waals surface area contributed by atoms with Crippen molar-refractivity contribution in [3.63, 3.8) is 0 Å². The molecule has 0 spiro atoms. The molecule has 28 heavy (non-hydrogen) atoms. The summed E-state index contributed by atoms with van der Waals surface area (Å²) in [5, 5.41) is 19.1. The molecule has 2 N–H and O–H groups in total. The Morgan fingerprint density at radius 2 is 1.11 bits per heavy atom. The van der Waals surface area contributed by atoms with Gasteiger partial charge < -0.3 is 27.3 Å². The van der Waals surface area contributed by atoms with Gasteiger partial charge in [-0.1, -0.05) is 6.92 Å². The molecule has 0 atom stereocenters. The van der Waals surface area contributed by atoms with Crippen molar-refractivity contribution in [2.75, 3.05) is 26.4 Å². The summed E-state index contributed by atoms with van der Waals surface area (Å²) in [5.74, 6) is 0. The van der Waals surface area contributed by atoms with Crippen molar-refractivity contribution >= 4 is 33.8 Å². The van der Waals surface area contributed by atoms with Gasteiger partial charge in [-0.3, -0.25) is 0 Å². The van der Waals surface area contributed by atoms with Crippen LogP contribution in [0.25, 0.3) is 0 Å². The molecule has 0 saturated heterocycles. The lowest BCUT2D eigenvalue weighted by atomic mass is 9.88. The Kier molecular flexibility index (Phi) is 11.6. The molecule has 0 heterocycles. The third-order valence-corrected chi connectivity index (χ3v) is 16.0. The Hall–Kier alpha value is 0.628. The average molecular weight is 471 g/mol. The number of aliphatic hydroxyl groups is 2. The maximum atomic E-state index is 9.57. The van der Waals surface area contributed by atoms with E-state index in [1.54, 1.807) is 0 Å². The average Bonchev–Trinajstić information content (AvgIpc) is 2.46. The third kappa shape index (κ3) is 12.4. The predicted molar refractivity (Wildman–Crippen MR) is 126 cm³/mol. The fraction of sp³-hybridized carbons (Fsp3) is 1.00. The van der Waals surface area contributed by atoms with Gasteiger partial charge in [0.05, 0.1) is 19.8 Å². The van der Waals surface area contributed by atoms with E-state index >= 15 is 0 Å². The second-order valence-corrected chi connectivity index (χ2v) is 27.6. The zero-order valence-corrected chi connectivity index (χ0v) is 24.0. The minimum Gasteiger partial charge on any atom is -0.417 e. The van der Waals surface area contributed by atoms with Crippen molar-refractivity contribution in [1.29, 1.82) is 0 Å². The zero-order chi connectivity index (χ0) is 22.3.